The topological polar surface area (TPSA) is 93.8 Å². The molecule has 0 radical (unpaired) electrons. The van der Waals surface area contributed by atoms with Crippen LogP contribution in [0, 0.1) is 0 Å². The van der Waals surface area contributed by atoms with Crippen molar-refractivity contribution in [3.63, 3.8) is 0 Å². The van der Waals surface area contributed by atoms with E-state index in [1.807, 2.05) is 12.3 Å². The second-order valence-electron chi connectivity index (χ2n) is 3.82. The molecule has 0 fully saturated rings. The van der Waals surface area contributed by atoms with Gasteiger partial charge < -0.3 is 11.1 Å². The lowest BCUT2D eigenvalue weighted by Gasteiger charge is -2.09. The fraction of sp³-hybridized carbons (Fsp3) is 0.273. The number of aromatic nitrogens is 3. The molecule has 3 N–H and O–H groups in total. The molecular weight excluding hydrogens is 250 g/mol. The Balaban J connectivity index is 1.90. The highest BCUT2D eigenvalue weighted by Crippen LogP contribution is 2.16. The summed E-state index contributed by atoms with van der Waals surface area (Å²) in [5.41, 5.74) is 5.66. The summed E-state index contributed by atoms with van der Waals surface area (Å²) in [6.45, 7) is 2.52. The second kappa shape index (κ2) is 5.54. The van der Waals surface area contributed by atoms with E-state index in [4.69, 9.17) is 5.73 Å². The van der Waals surface area contributed by atoms with E-state index >= 15 is 0 Å². The number of nitrogens with one attached hydrogen (secondary N) is 1. The molecule has 0 aliphatic carbocycles. The largest absolute Gasteiger partial charge is 0.382 e. The molecule has 1 amide bonds. The highest BCUT2D eigenvalue weighted by molar-refractivity contribution is 7.09. The lowest BCUT2D eigenvalue weighted by Crippen LogP contribution is -2.28. The first-order valence-corrected chi connectivity index (χ1v) is 6.31. The van der Waals surface area contributed by atoms with Crippen LogP contribution in [-0.4, -0.2) is 27.6 Å². The Hall–Kier alpha value is -2.02. The first-order chi connectivity index (χ1) is 8.66. The first-order valence-electron chi connectivity index (χ1n) is 5.43. The van der Waals surface area contributed by atoms with Crippen LogP contribution in [0.2, 0.25) is 0 Å². The van der Waals surface area contributed by atoms with Gasteiger partial charge in [0.05, 0.1) is 5.01 Å². The summed E-state index contributed by atoms with van der Waals surface area (Å²) >= 11 is 1.57. The van der Waals surface area contributed by atoms with Crippen molar-refractivity contribution in [1.29, 1.82) is 0 Å². The average molecular weight is 263 g/mol. The third-order valence-electron chi connectivity index (χ3n) is 2.36. The highest BCUT2D eigenvalue weighted by Gasteiger charge is 2.12. The minimum absolute atomic E-state index is 0.177. The van der Waals surface area contributed by atoms with Crippen molar-refractivity contribution < 1.29 is 4.79 Å². The molecule has 1 atom stereocenters. The van der Waals surface area contributed by atoms with Gasteiger partial charge in [-0.05, 0) is 12.1 Å². The van der Waals surface area contributed by atoms with Gasteiger partial charge >= 0.3 is 0 Å². The molecule has 0 bridgehead atoms. The molecule has 6 nitrogen and oxygen atoms in total. The molecule has 0 saturated carbocycles. The van der Waals surface area contributed by atoms with Crippen LogP contribution in [-0.2, 0) is 0 Å². The Morgan fingerprint density at radius 3 is 2.94 bits per heavy atom. The molecule has 0 aromatic carbocycles. The average Bonchev–Trinajstić information content (AvgIpc) is 2.90. The van der Waals surface area contributed by atoms with Crippen molar-refractivity contribution in [3.05, 3.63) is 34.4 Å². The number of carbonyl (C=O) groups is 1. The molecule has 1 unspecified atom stereocenters. The van der Waals surface area contributed by atoms with Crippen LogP contribution in [0.5, 0.6) is 0 Å². The monoisotopic (exact) mass is 263 g/mol. The minimum Gasteiger partial charge on any atom is -0.382 e. The van der Waals surface area contributed by atoms with Gasteiger partial charge in [0.15, 0.2) is 5.69 Å². The van der Waals surface area contributed by atoms with Crippen LogP contribution in [0.4, 0.5) is 5.82 Å². The van der Waals surface area contributed by atoms with Crippen LogP contribution in [0.15, 0.2) is 23.7 Å². The standard InChI is InChI=1S/C11H13N5OS/c1-7(11-13-4-5-18-11)6-14-10(17)8-2-3-9(12)16-15-8/h2-5,7H,6H2,1H3,(H2,12,16)(H,14,17). The van der Waals surface area contributed by atoms with E-state index in [1.165, 1.54) is 0 Å². The van der Waals surface area contributed by atoms with Gasteiger partial charge in [0.1, 0.15) is 5.82 Å². The number of nitrogens with two attached hydrogens (primary N) is 1. The van der Waals surface area contributed by atoms with E-state index in [1.54, 1.807) is 29.7 Å². The van der Waals surface area contributed by atoms with Crippen molar-refractivity contribution in [3.8, 4) is 0 Å². The summed E-state index contributed by atoms with van der Waals surface area (Å²) in [6.07, 6.45) is 1.75. The molecule has 0 saturated heterocycles. The van der Waals surface area contributed by atoms with Crippen molar-refractivity contribution in [2.24, 2.45) is 0 Å². The van der Waals surface area contributed by atoms with E-state index in [0.29, 0.717) is 12.4 Å². The van der Waals surface area contributed by atoms with Crippen molar-refractivity contribution in [2.75, 3.05) is 12.3 Å². The molecule has 2 heterocycles. The van der Waals surface area contributed by atoms with Crippen LogP contribution in [0.25, 0.3) is 0 Å². The number of nitrogen functional groups attached to an aromatic ring is 1. The third-order valence-corrected chi connectivity index (χ3v) is 3.37. The van der Waals surface area contributed by atoms with Crippen LogP contribution in [0.1, 0.15) is 28.3 Å². The Morgan fingerprint density at radius 1 is 1.50 bits per heavy atom. The molecule has 0 spiro atoms. The molecule has 2 aromatic heterocycles. The molecular formula is C11H13N5OS. The Kier molecular flexibility index (Phi) is 3.83. The maximum atomic E-state index is 11.8. The zero-order chi connectivity index (χ0) is 13.0. The lowest BCUT2D eigenvalue weighted by atomic mass is 10.2. The highest BCUT2D eigenvalue weighted by atomic mass is 32.1. The van der Waals surface area contributed by atoms with Crippen molar-refractivity contribution >= 4 is 23.1 Å². The molecule has 18 heavy (non-hydrogen) atoms. The fourth-order valence-corrected chi connectivity index (χ4v) is 2.06. The van der Waals surface area contributed by atoms with E-state index in [9.17, 15) is 4.79 Å². The van der Waals surface area contributed by atoms with Gasteiger partial charge in [0, 0.05) is 24.0 Å². The maximum absolute atomic E-state index is 11.8. The van der Waals surface area contributed by atoms with Crippen molar-refractivity contribution in [2.45, 2.75) is 12.8 Å². The van der Waals surface area contributed by atoms with Gasteiger partial charge in [-0.25, -0.2) is 4.98 Å². The number of nitrogens with zero attached hydrogens (tertiary/aromatic N) is 3. The van der Waals surface area contributed by atoms with E-state index in [0.717, 1.165) is 5.01 Å². The molecule has 7 heteroatoms. The number of hydrogen-bond acceptors (Lipinski definition) is 6. The summed E-state index contributed by atoms with van der Waals surface area (Å²) < 4.78 is 0. The minimum atomic E-state index is -0.258. The predicted molar refractivity (Wildman–Crippen MR) is 69.3 cm³/mol. The van der Waals surface area contributed by atoms with Gasteiger partial charge in [0.25, 0.3) is 5.91 Å². The molecule has 2 aromatic rings. The number of rotatable bonds is 4. The molecule has 94 valence electrons. The van der Waals surface area contributed by atoms with E-state index < -0.39 is 0 Å². The van der Waals surface area contributed by atoms with Crippen LogP contribution >= 0.6 is 11.3 Å². The number of thiazole rings is 1. The third kappa shape index (κ3) is 3.01. The number of carbonyl (C=O) groups excluding carboxylic acids is 1. The number of anilines is 1. The summed E-state index contributed by atoms with van der Waals surface area (Å²) in [5, 5.41) is 13.1. The van der Waals surface area contributed by atoms with Crippen LogP contribution in [0.3, 0.4) is 0 Å². The lowest BCUT2D eigenvalue weighted by molar-refractivity contribution is 0.0945. The summed E-state index contributed by atoms with van der Waals surface area (Å²) in [5.74, 6) is 0.212. The van der Waals surface area contributed by atoms with Gasteiger partial charge in [-0.15, -0.1) is 21.5 Å². The second-order valence-corrected chi connectivity index (χ2v) is 4.75. The summed E-state index contributed by atoms with van der Waals surface area (Å²) in [6, 6.07) is 3.10. The quantitative estimate of drug-likeness (QED) is 0.859. The van der Waals surface area contributed by atoms with Crippen molar-refractivity contribution in [1.82, 2.24) is 20.5 Å². The zero-order valence-corrected chi connectivity index (χ0v) is 10.6. The zero-order valence-electron chi connectivity index (χ0n) is 9.83. The van der Waals surface area contributed by atoms with E-state index in [2.05, 4.69) is 20.5 Å². The maximum Gasteiger partial charge on any atom is 0.271 e. The summed E-state index contributed by atoms with van der Waals surface area (Å²) in [4.78, 5) is 16.0. The normalized spacial score (nSPS) is 12.1. The fourth-order valence-electron chi connectivity index (χ4n) is 1.37. The molecule has 0 aliphatic heterocycles. The SMILES string of the molecule is CC(CNC(=O)c1ccc(N)nn1)c1nccs1. The van der Waals surface area contributed by atoms with Gasteiger partial charge in [-0.3, -0.25) is 4.79 Å². The van der Waals surface area contributed by atoms with Gasteiger partial charge in [-0.2, -0.15) is 0 Å². The summed E-state index contributed by atoms with van der Waals surface area (Å²) in [7, 11) is 0. The Bertz CT molecular complexity index is 511. The van der Waals surface area contributed by atoms with Crippen LogP contribution < -0.4 is 11.1 Å². The van der Waals surface area contributed by atoms with Gasteiger partial charge in [-0.1, -0.05) is 6.92 Å². The number of hydrogen-bond donors (Lipinski definition) is 2. The number of amides is 1. The Labute approximate surface area is 108 Å². The van der Waals surface area contributed by atoms with E-state index in [-0.39, 0.29) is 17.5 Å². The first kappa shape index (κ1) is 12.4. The molecule has 0 aliphatic rings. The predicted octanol–water partition coefficient (Wildman–Crippen LogP) is 1.05. The molecule has 2 rings (SSSR count). The smallest absolute Gasteiger partial charge is 0.271 e. The van der Waals surface area contributed by atoms with Gasteiger partial charge in [0.2, 0.25) is 0 Å². The Morgan fingerprint density at radius 2 is 2.33 bits per heavy atom.